The molecule has 0 bridgehead atoms. The topological polar surface area (TPSA) is 18.5 Å². The average Bonchev–Trinajstić information content (AvgIpc) is 1.90. The fourth-order valence-electron chi connectivity index (χ4n) is 1.00. The van der Waals surface area contributed by atoms with Gasteiger partial charge in [-0.2, -0.15) is 0 Å². The van der Waals surface area contributed by atoms with Crippen LogP contribution in [0.1, 0.15) is 12.8 Å². The van der Waals surface area contributed by atoms with Gasteiger partial charge in [-0.25, -0.2) is 0 Å². The Morgan fingerprint density at radius 3 is 2.67 bits per heavy atom. The van der Waals surface area contributed by atoms with Crippen LogP contribution in [0.2, 0.25) is 12.6 Å². The molecule has 1 fully saturated rings. The van der Waals surface area contributed by atoms with Crippen LogP contribution in [0, 0.1) is 0 Å². The smallest absolute Gasteiger partial charge is 0.319 e. The lowest BCUT2D eigenvalue weighted by atomic mass is 10.4. The molecule has 2 nitrogen and oxygen atoms in total. The summed E-state index contributed by atoms with van der Waals surface area (Å²) in [7, 11) is 3.24. The summed E-state index contributed by atoms with van der Waals surface area (Å²) >= 11 is 0. The molecule has 1 aliphatic rings. The second-order valence-electron chi connectivity index (χ2n) is 2.56. The molecule has 0 spiro atoms. The Bertz CT molecular complexity index is 93.0. The molecule has 1 rings (SSSR count). The Hall–Kier alpha value is 0.202. The summed E-state index contributed by atoms with van der Waals surface area (Å²) in [5.74, 6) is 0. The summed E-state index contributed by atoms with van der Waals surface area (Å²) in [6.45, 7) is 2.84. The largest absolute Gasteiger partial charge is 0.465 e. The molecule has 1 unspecified atom stereocenters. The Balaban J connectivity index is 2.37. The monoisotopic (exact) mass is 142 g/mol. The van der Waals surface area contributed by atoms with Gasteiger partial charge in [0.05, 0.1) is 0 Å². The van der Waals surface area contributed by atoms with Crippen LogP contribution in [0.3, 0.4) is 0 Å². The molecule has 1 heterocycles. The van der Waals surface area contributed by atoms with E-state index in [2.05, 4.69) is 0 Å². The molecule has 50 valence electrons. The fraction of sp³-hybridized carbons (Fsp3) is 1.00. The molecule has 0 N–H and O–H groups in total. The van der Waals surface area contributed by atoms with Crippen molar-refractivity contribution < 1.29 is 8.77 Å². The predicted octanol–water partition coefficient (Wildman–Crippen LogP) is 0.969. The van der Waals surface area contributed by atoms with Crippen LogP contribution in [0.25, 0.3) is 0 Å². The number of hydrogen-bond acceptors (Lipinski definition) is 2. The van der Waals surface area contributed by atoms with Gasteiger partial charge in [-0.1, -0.05) is 0 Å². The van der Waals surface area contributed by atoms with E-state index >= 15 is 0 Å². The lowest BCUT2D eigenvalue weighted by Crippen LogP contribution is -2.40. The van der Waals surface area contributed by atoms with Crippen molar-refractivity contribution in [1.29, 1.82) is 0 Å². The Kier molecular flexibility index (Phi) is 2.32. The van der Waals surface area contributed by atoms with Gasteiger partial charge in [-0.05, 0) is 25.4 Å². The highest BCUT2D eigenvalue weighted by molar-refractivity contribution is 6.68. The fourth-order valence-corrected chi connectivity index (χ4v) is 2.80. The highest BCUT2D eigenvalue weighted by atomic mass is 28.4. The Morgan fingerprint density at radius 2 is 2.33 bits per heavy atom. The zero-order valence-electron chi connectivity index (χ0n) is 5.72. The number of rotatable bonds is 1. The van der Waals surface area contributed by atoms with E-state index in [1.807, 2.05) is 6.55 Å². The third-order valence-corrected chi connectivity index (χ3v) is 4.26. The molecule has 0 aromatic carbocycles. The second kappa shape index (κ2) is 2.86. The first-order valence-corrected chi connectivity index (χ1v) is 5.81. The van der Waals surface area contributed by atoms with Crippen molar-refractivity contribution >= 4 is 16.6 Å². The average molecular weight is 142 g/mol. The highest BCUT2D eigenvalue weighted by Crippen LogP contribution is 2.20. The molecular weight excluding hydrogens is 131 g/mol. The van der Waals surface area contributed by atoms with Gasteiger partial charge in [0.2, 0.25) is 0 Å². The summed E-state index contributed by atoms with van der Waals surface area (Å²) in [6.07, 6.45) is 2.37. The first-order chi connectivity index (χ1) is 4.27. The quantitative estimate of drug-likeness (QED) is 0.508. The van der Waals surface area contributed by atoms with E-state index in [9.17, 15) is 0 Å². The second-order valence-corrected chi connectivity index (χ2v) is 5.85. The molecule has 1 aliphatic heterocycles. The Labute approximate surface area is 58.2 Å². The van der Waals surface area contributed by atoms with Crippen LogP contribution in [-0.4, -0.2) is 23.2 Å². The normalized spacial score (nSPS) is 36.6. The van der Waals surface area contributed by atoms with E-state index < -0.39 is 8.56 Å². The Morgan fingerprint density at radius 1 is 1.56 bits per heavy atom. The van der Waals surface area contributed by atoms with Crippen molar-refractivity contribution in [2.24, 2.45) is 0 Å². The van der Waals surface area contributed by atoms with Gasteiger partial charge in [0.25, 0.3) is 8.05 Å². The molecule has 1 saturated heterocycles. The van der Waals surface area contributed by atoms with E-state index in [0.717, 1.165) is 19.1 Å². The zero-order chi connectivity index (χ0) is 6.74. The molecule has 0 aliphatic carbocycles. The minimum Gasteiger partial charge on any atom is -0.465 e. The van der Waals surface area contributed by atoms with E-state index in [1.165, 1.54) is 6.42 Å². The van der Waals surface area contributed by atoms with E-state index in [-0.39, 0.29) is 0 Å². The molecule has 4 heteroatoms. The molecule has 0 aromatic rings. The number of hydrogen-bond donors (Lipinski definition) is 0. The van der Waals surface area contributed by atoms with Crippen molar-refractivity contribution in [2.45, 2.75) is 25.4 Å². The summed E-state index contributed by atoms with van der Waals surface area (Å²) in [6, 6.07) is 1.05. The van der Waals surface area contributed by atoms with Gasteiger partial charge >= 0.3 is 8.56 Å². The van der Waals surface area contributed by atoms with Crippen LogP contribution in [0.15, 0.2) is 0 Å². The van der Waals surface area contributed by atoms with E-state index in [0.29, 0.717) is 0 Å². The van der Waals surface area contributed by atoms with Crippen LogP contribution < -0.4 is 0 Å². The maximum atomic E-state index is 5.41. The standard InChI is InChI=1S/C5H11BO2Si/c1-9(8-6)5-3-2-4-7-9/h2-5H2,1H3. The molecule has 0 amide bonds. The summed E-state index contributed by atoms with van der Waals surface area (Å²) in [4.78, 5) is 0. The van der Waals surface area contributed by atoms with Crippen molar-refractivity contribution in [3.05, 3.63) is 0 Å². The summed E-state index contributed by atoms with van der Waals surface area (Å²) in [5.41, 5.74) is 0. The van der Waals surface area contributed by atoms with Crippen molar-refractivity contribution in [3.8, 4) is 0 Å². The molecule has 0 saturated carbocycles. The van der Waals surface area contributed by atoms with Crippen LogP contribution in [0.4, 0.5) is 0 Å². The highest BCUT2D eigenvalue weighted by Gasteiger charge is 2.31. The first-order valence-electron chi connectivity index (χ1n) is 3.29. The first kappa shape index (κ1) is 7.31. The van der Waals surface area contributed by atoms with Crippen molar-refractivity contribution in [1.82, 2.24) is 0 Å². The molecule has 9 heavy (non-hydrogen) atoms. The summed E-state index contributed by atoms with van der Waals surface area (Å²) < 4.78 is 10.2. The lowest BCUT2D eigenvalue weighted by molar-refractivity contribution is 0.219. The maximum absolute atomic E-state index is 5.41. The summed E-state index contributed by atoms with van der Waals surface area (Å²) in [5, 5.41) is 0. The van der Waals surface area contributed by atoms with E-state index in [1.54, 1.807) is 0 Å². The third-order valence-electron chi connectivity index (χ3n) is 1.68. The van der Waals surface area contributed by atoms with Crippen molar-refractivity contribution in [3.63, 3.8) is 0 Å². The SMILES string of the molecule is [B]O[Si]1(C)CCCCO1. The van der Waals surface area contributed by atoms with Gasteiger partial charge in [-0.3, -0.25) is 0 Å². The van der Waals surface area contributed by atoms with Gasteiger partial charge < -0.3 is 8.77 Å². The third kappa shape index (κ3) is 1.81. The minimum absolute atomic E-state index is 0.833. The van der Waals surface area contributed by atoms with Crippen LogP contribution in [0.5, 0.6) is 0 Å². The van der Waals surface area contributed by atoms with Crippen LogP contribution in [-0.2, 0) is 8.77 Å². The van der Waals surface area contributed by atoms with Crippen molar-refractivity contribution in [2.75, 3.05) is 6.61 Å². The predicted molar refractivity (Wildman–Crippen MR) is 38.5 cm³/mol. The molecule has 2 radical (unpaired) electrons. The van der Waals surface area contributed by atoms with Gasteiger partial charge in [0.1, 0.15) is 0 Å². The molecule has 1 atom stereocenters. The van der Waals surface area contributed by atoms with E-state index in [4.69, 9.17) is 16.8 Å². The molecular formula is C5H11BO2Si. The minimum atomic E-state index is -1.83. The maximum Gasteiger partial charge on any atom is 0.319 e. The van der Waals surface area contributed by atoms with Gasteiger partial charge in [0.15, 0.2) is 0 Å². The van der Waals surface area contributed by atoms with Gasteiger partial charge in [-0.15, -0.1) is 0 Å². The lowest BCUT2D eigenvalue weighted by Gasteiger charge is -2.29. The van der Waals surface area contributed by atoms with Gasteiger partial charge in [0, 0.05) is 6.61 Å². The van der Waals surface area contributed by atoms with Crippen LogP contribution >= 0.6 is 0 Å². The molecule has 0 aromatic heterocycles. The zero-order valence-corrected chi connectivity index (χ0v) is 6.72.